The summed E-state index contributed by atoms with van der Waals surface area (Å²) >= 11 is 12.2. The van der Waals surface area contributed by atoms with Crippen molar-refractivity contribution in [3.8, 4) is 0 Å². The Bertz CT molecular complexity index is 732. The van der Waals surface area contributed by atoms with Crippen LogP contribution < -0.4 is 11.5 Å². The minimum absolute atomic E-state index is 0.0158. The van der Waals surface area contributed by atoms with E-state index in [2.05, 4.69) is 0 Å². The maximum absolute atomic E-state index is 12.5. The standard InChI is InChI=1S/C14H10Cl2N2O2/c15-14(16)5-8(17)9-10(13(14)18)12(20)7-4-2-1-3-6(7)11(9)19/h1-4H,5,17-18H2. The third kappa shape index (κ3) is 1.62. The molecule has 20 heavy (non-hydrogen) atoms. The molecule has 0 bridgehead atoms. The lowest BCUT2D eigenvalue weighted by Gasteiger charge is -2.32. The van der Waals surface area contributed by atoms with Crippen molar-refractivity contribution in [2.75, 3.05) is 0 Å². The number of allylic oxidation sites excluding steroid dienone is 4. The molecule has 0 saturated heterocycles. The number of alkyl halides is 2. The van der Waals surface area contributed by atoms with Gasteiger partial charge in [0.15, 0.2) is 15.9 Å². The molecule has 0 unspecified atom stereocenters. The molecule has 0 aromatic heterocycles. The summed E-state index contributed by atoms with van der Waals surface area (Å²) in [6.45, 7) is 0. The molecule has 3 rings (SSSR count). The zero-order valence-corrected chi connectivity index (χ0v) is 11.8. The highest BCUT2D eigenvalue weighted by Gasteiger charge is 2.44. The average Bonchev–Trinajstić information content (AvgIpc) is 2.40. The number of rotatable bonds is 0. The molecule has 0 saturated carbocycles. The van der Waals surface area contributed by atoms with E-state index in [1.807, 2.05) is 0 Å². The lowest BCUT2D eigenvalue weighted by atomic mass is 9.77. The van der Waals surface area contributed by atoms with Gasteiger partial charge in [0.05, 0.1) is 16.8 Å². The topological polar surface area (TPSA) is 86.2 Å². The molecular weight excluding hydrogens is 299 g/mol. The molecule has 2 aliphatic carbocycles. The van der Waals surface area contributed by atoms with Gasteiger partial charge >= 0.3 is 0 Å². The maximum atomic E-state index is 12.5. The van der Waals surface area contributed by atoms with Gasteiger partial charge in [0, 0.05) is 23.2 Å². The van der Waals surface area contributed by atoms with E-state index in [4.69, 9.17) is 34.7 Å². The van der Waals surface area contributed by atoms with Crippen LogP contribution in [0.1, 0.15) is 27.1 Å². The van der Waals surface area contributed by atoms with Crippen LogP contribution in [0, 0.1) is 0 Å². The number of carbonyl (C=O) groups is 2. The number of halogens is 2. The van der Waals surface area contributed by atoms with Crippen molar-refractivity contribution < 1.29 is 9.59 Å². The highest BCUT2D eigenvalue weighted by atomic mass is 35.5. The van der Waals surface area contributed by atoms with Crippen LogP contribution in [0.3, 0.4) is 0 Å². The summed E-state index contributed by atoms with van der Waals surface area (Å²) in [5.41, 5.74) is 12.7. The molecule has 0 atom stereocenters. The molecule has 6 heteroatoms. The first-order chi connectivity index (χ1) is 9.34. The van der Waals surface area contributed by atoms with Crippen molar-refractivity contribution in [2.24, 2.45) is 11.5 Å². The number of hydrogen-bond donors (Lipinski definition) is 2. The number of nitrogens with two attached hydrogens (primary N) is 2. The highest BCUT2D eigenvalue weighted by Crippen LogP contribution is 2.44. The lowest BCUT2D eigenvalue weighted by Crippen LogP contribution is -2.38. The fourth-order valence-corrected chi connectivity index (χ4v) is 3.02. The second-order valence-electron chi connectivity index (χ2n) is 4.77. The van der Waals surface area contributed by atoms with E-state index in [-0.39, 0.29) is 46.1 Å². The van der Waals surface area contributed by atoms with Crippen molar-refractivity contribution in [1.82, 2.24) is 0 Å². The minimum atomic E-state index is -1.47. The van der Waals surface area contributed by atoms with Crippen molar-refractivity contribution in [3.63, 3.8) is 0 Å². The third-order valence-electron chi connectivity index (χ3n) is 3.52. The van der Waals surface area contributed by atoms with E-state index in [1.165, 1.54) is 0 Å². The Hall–Kier alpha value is -1.78. The number of benzene rings is 1. The first-order valence-corrected chi connectivity index (χ1v) is 6.65. The van der Waals surface area contributed by atoms with Crippen molar-refractivity contribution >= 4 is 34.8 Å². The Morgan fingerprint density at radius 3 is 2.00 bits per heavy atom. The zero-order valence-electron chi connectivity index (χ0n) is 10.2. The fourth-order valence-electron chi connectivity index (χ4n) is 2.54. The van der Waals surface area contributed by atoms with Gasteiger partial charge in [-0.2, -0.15) is 0 Å². The van der Waals surface area contributed by atoms with E-state index >= 15 is 0 Å². The van der Waals surface area contributed by atoms with Crippen LogP contribution in [0.25, 0.3) is 0 Å². The summed E-state index contributed by atoms with van der Waals surface area (Å²) in [7, 11) is 0. The Morgan fingerprint density at radius 2 is 1.45 bits per heavy atom. The SMILES string of the molecule is NC1=C2C(=O)c3ccccc3C(=O)C2=C(N)C(Cl)(Cl)C1. The lowest BCUT2D eigenvalue weighted by molar-refractivity contribution is 0.0969. The summed E-state index contributed by atoms with van der Waals surface area (Å²) in [6, 6.07) is 6.53. The fraction of sp³-hybridized carbons (Fsp3) is 0.143. The van der Waals surface area contributed by atoms with Crippen LogP contribution in [0.5, 0.6) is 0 Å². The van der Waals surface area contributed by atoms with Gasteiger partial charge in [-0.05, 0) is 0 Å². The molecule has 1 aromatic carbocycles. The van der Waals surface area contributed by atoms with Gasteiger partial charge in [0.25, 0.3) is 0 Å². The quantitative estimate of drug-likeness (QED) is 0.718. The van der Waals surface area contributed by atoms with Crippen LogP contribution in [0.15, 0.2) is 46.8 Å². The second kappa shape index (κ2) is 4.11. The van der Waals surface area contributed by atoms with E-state index in [9.17, 15) is 9.59 Å². The van der Waals surface area contributed by atoms with Crippen LogP contribution >= 0.6 is 23.2 Å². The Kier molecular flexibility index (Phi) is 2.71. The molecule has 0 fully saturated rings. The smallest absolute Gasteiger partial charge is 0.196 e. The number of fused-ring (bicyclic) bond motifs is 2. The number of ketones is 2. The molecule has 1 aromatic rings. The predicted molar refractivity (Wildman–Crippen MR) is 76.6 cm³/mol. The first kappa shape index (κ1) is 13.2. The van der Waals surface area contributed by atoms with Gasteiger partial charge in [0.2, 0.25) is 0 Å². The number of hydrogen-bond acceptors (Lipinski definition) is 4. The molecule has 102 valence electrons. The van der Waals surface area contributed by atoms with Gasteiger partial charge in [-0.3, -0.25) is 9.59 Å². The molecule has 0 radical (unpaired) electrons. The van der Waals surface area contributed by atoms with Crippen LogP contribution in [0.4, 0.5) is 0 Å². The van der Waals surface area contributed by atoms with E-state index < -0.39 is 4.33 Å². The third-order valence-corrected chi connectivity index (χ3v) is 4.19. The summed E-state index contributed by atoms with van der Waals surface area (Å²) in [5, 5.41) is 0. The van der Waals surface area contributed by atoms with Crippen LogP contribution in [-0.4, -0.2) is 15.9 Å². The van der Waals surface area contributed by atoms with E-state index in [1.54, 1.807) is 24.3 Å². The minimum Gasteiger partial charge on any atom is -0.401 e. The number of carbonyl (C=O) groups excluding carboxylic acids is 2. The van der Waals surface area contributed by atoms with Gasteiger partial charge in [0.1, 0.15) is 0 Å². The Morgan fingerprint density at radius 1 is 0.950 bits per heavy atom. The second-order valence-corrected chi connectivity index (χ2v) is 6.26. The van der Waals surface area contributed by atoms with Gasteiger partial charge in [-0.15, -0.1) is 0 Å². The highest BCUT2D eigenvalue weighted by molar-refractivity contribution is 6.51. The van der Waals surface area contributed by atoms with E-state index in [0.717, 1.165) is 0 Å². The van der Waals surface area contributed by atoms with Crippen LogP contribution in [-0.2, 0) is 0 Å². The normalized spacial score (nSPS) is 20.9. The zero-order chi connectivity index (χ0) is 14.7. The largest absolute Gasteiger partial charge is 0.401 e. The number of Topliss-reactive ketones (excluding diaryl/α,β-unsaturated/α-hetero) is 2. The van der Waals surface area contributed by atoms with Crippen molar-refractivity contribution in [2.45, 2.75) is 10.8 Å². The van der Waals surface area contributed by atoms with Gasteiger partial charge < -0.3 is 11.5 Å². The summed E-state index contributed by atoms with van der Waals surface area (Å²) in [6.07, 6.45) is 0.0158. The summed E-state index contributed by atoms with van der Waals surface area (Å²) in [4.78, 5) is 25.0. The van der Waals surface area contributed by atoms with Crippen LogP contribution in [0.2, 0.25) is 0 Å². The van der Waals surface area contributed by atoms with Crippen molar-refractivity contribution in [1.29, 1.82) is 0 Å². The molecule has 0 spiro atoms. The van der Waals surface area contributed by atoms with E-state index in [0.29, 0.717) is 5.56 Å². The average molecular weight is 309 g/mol. The monoisotopic (exact) mass is 308 g/mol. The molecule has 0 heterocycles. The first-order valence-electron chi connectivity index (χ1n) is 5.90. The predicted octanol–water partition coefficient (Wildman–Crippen LogP) is 2.07. The molecule has 0 amide bonds. The molecule has 0 aliphatic heterocycles. The molecule has 4 nitrogen and oxygen atoms in total. The maximum Gasteiger partial charge on any atom is 0.196 e. The Balaban J connectivity index is 2.37. The molecular formula is C14H10Cl2N2O2. The summed E-state index contributed by atoms with van der Waals surface area (Å²) in [5.74, 6) is -0.694. The van der Waals surface area contributed by atoms with Gasteiger partial charge in [-0.25, -0.2) is 0 Å². The Labute approximate surface area is 125 Å². The molecule has 4 N–H and O–H groups in total. The molecule has 2 aliphatic rings. The summed E-state index contributed by atoms with van der Waals surface area (Å²) < 4.78 is -1.47. The van der Waals surface area contributed by atoms with Crippen molar-refractivity contribution in [3.05, 3.63) is 57.9 Å². The van der Waals surface area contributed by atoms with Gasteiger partial charge in [-0.1, -0.05) is 47.5 Å².